The summed E-state index contributed by atoms with van der Waals surface area (Å²) in [6.45, 7) is 6.29. The number of aryl methyl sites for hydroxylation is 1. The van der Waals surface area contributed by atoms with Crippen molar-refractivity contribution in [3.63, 3.8) is 0 Å². The molecule has 1 aliphatic rings. The van der Waals surface area contributed by atoms with E-state index in [2.05, 4.69) is 46.9 Å². The van der Waals surface area contributed by atoms with Crippen molar-refractivity contribution in [2.75, 3.05) is 20.1 Å². The van der Waals surface area contributed by atoms with Gasteiger partial charge in [-0.3, -0.25) is 4.68 Å². The quantitative estimate of drug-likeness (QED) is 0.421. The van der Waals surface area contributed by atoms with E-state index in [-0.39, 0.29) is 0 Å². The van der Waals surface area contributed by atoms with Crippen molar-refractivity contribution in [2.24, 2.45) is 0 Å². The molecule has 4 aromatic rings. The van der Waals surface area contributed by atoms with E-state index in [9.17, 15) is 10.5 Å². The van der Waals surface area contributed by atoms with E-state index in [4.69, 9.17) is 5.10 Å². The highest BCUT2D eigenvalue weighted by Crippen LogP contribution is 2.38. The fourth-order valence-electron chi connectivity index (χ4n) is 4.63. The molecule has 34 heavy (non-hydrogen) atoms. The molecule has 0 atom stereocenters. The molecule has 0 spiro atoms. The summed E-state index contributed by atoms with van der Waals surface area (Å²) >= 11 is 1.50. The summed E-state index contributed by atoms with van der Waals surface area (Å²) in [7, 11) is 2.16. The van der Waals surface area contributed by atoms with E-state index in [0.717, 1.165) is 63.6 Å². The SMILES string of the molecule is Cc1ccc(C#N)c(Sc2cc(-c3cnn(C4CCN(C)CC4)c3C)cn3ncc(C#N)c23)c1. The molecule has 0 unspecified atom stereocenters. The van der Waals surface area contributed by atoms with Crippen LogP contribution in [0.3, 0.4) is 0 Å². The van der Waals surface area contributed by atoms with Crippen molar-refractivity contribution >= 4 is 17.3 Å². The minimum atomic E-state index is 0.405. The Hall–Kier alpha value is -3.59. The smallest absolute Gasteiger partial charge is 0.103 e. The number of hydrogen-bond donors (Lipinski definition) is 0. The van der Waals surface area contributed by atoms with Gasteiger partial charge in [0.15, 0.2) is 0 Å². The Bertz CT molecular complexity index is 1460. The van der Waals surface area contributed by atoms with Crippen LogP contribution in [0.4, 0.5) is 0 Å². The molecule has 1 saturated heterocycles. The van der Waals surface area contributed by atoms with E-state index < -0.39 is 0 Å². The first-order valence-electron chi connectivity index (χ1n) is 11.3. The van der Waals surface area contributed by atoms with Crippen molar-refractivity contribution in [1.29, 1.82) is 10.5 Å². The van der Waals surface area contributed by atoms with Crippen LogP contribution in [0.25, 0.3) is 16.6 Å². The number of benzene rings is 1. The van der Waals surface area contributed by atoms with Crippen molar-refractivity contribution in [2.45, 2.75) is 42.5 Å². The zero-order chi connectivity index (χ0) is 23.8. The van der Waals surface area contributed by atoms with Crippen LogP contribution in [0.1, 0.15) is 41.3 Å². The summed E-state index contributed by atoms with van der Waals surface area (Å²) < 4.78 is 3.93. The Balaban J connectivity index is 1.60. The second-order valence-corrected chi connectivity index (χ2v) is 9.98. The van der Waals surface area contributed by atoms with Gasteiger partial charge in [0.2, 0.25) is 0 Å². The molecule has 5 rings (SSSR count). The highest BCUT2D eigenvalue weighted by atomic mass is 32.2. The van der Waals surface area contributed by atoms with Crippen LogP contribution < -0.4 is 0 Å². The number of aromatic nitrogens is 4. The Kier molecular flexibility index (Phi) is 5.87. The number of nitriles is 2. The van der Waals surface area contributed by atoms with Crippen LogP contribution in [-0.4, -0.2) is 44.4 Å². The molecule has 0 aliphatic carbocycles. The van der Waals surface area contributed by atoms with Crippen LogP contribution in [-0.2, 0) is 0 Å². The molecule has 0 amide bonds. The summed E-state index contributed by atoms with van der Waals surface area (Å²) in [4.78, 5) is 4.12. The lowest BCUT2D eigenvalue weighted by molar-refractivity contribution is 0.210. The molecule has 1 fully saturated rings. The Morgan fingerprint density at radius 2 is 1.74 bits per heavy atom. The molecule has 3 aromatic heterocycles. The number of pyridine rings is 1. The first kappa shape index (κ1) is 22.2. The van der Waals surface area contributed by atoms with E-state index in [1.807, 2.05) is 37.5 Å². The van der Waals surface area contributed by atoms with Gasteiger partial charge in [0.1, 0.15) is 12.1 Å². The summed E-state index contributed by atoms with van der Waals surface area (Å²) in [5.41, 5.74) is 6.14. The summed E-state index contributed by atoms with van der Waals surface area (Å²) in [6.07, 6.45) is 7.68. The molecule has 170 valence electrons. The minimum Gasteiger partial charge on any atom is -0.306 e. The predicted molar refractivity (Wildman–Crippen MR) is 132 cm³/mol. The van der Waals surface area contributed by atoms with Gasteiger partial charge in [-0.2, -0.15) is 20.7 Å². The second kappa shape index (κ2) is 8.98. The average Bonchev–Trinajstić information content (AvgIpc) is 3.43. The third-order valence-corrected chi connectivity index (χ3v) is 7.65. The maximum Gasteiger partial charge on any atom is 0.103 e. The molecule has 1 aromatic carbocycles. The molecule has 0 bridgehead atoms. The maximum atomic E-state index is 9.67. The summed E-state index contributed by atoms with van der Waals surface area (Å²) in [5, 5.41) is 28.5. The highest BCUT2D eigenvalue weighted by molar-refractivity contribution is 7.99. The average molecular weight is 468 g/mol. The zero-order valence-electron chi connectivity index (χ0n) is 19.5. The lowest BCUT2D eigenvalue weighted by atomic mass is 10.0. The Labute approximate surface area is 203 Å². The number of nitrogens with zero attached hydrogens (tertiary/aromatic N) is 7. The molecule has 7 nitrogen and oxygen atoms in total. The van der Waals surface area contributed by atoms with Gasteiger partial charge < -0.3 is 4.90 Å². The Morgan fingerprint density at radius 3 is 2.47 bits per heavy atom. The maximum absolute atomic E-state index is 9.67. The van der Waals surface area contributed by atoms with Gasteiger partial charge in [-0.25, -0.2) is 4.52 Å². The number of rotatable bonds is 4. The molecule has 8 heteroatoms. The molecule has 4 heterocycles. The lowest BCUT2D eigenvalue weighted by Gasteiger charge is -2.29. The van der Waals surface area contributed by atoms with Crippen LogP contribution in [0.5, 0.6) is 0 Å². The van der Waals surface area contributed by atoms with Crippen LogP contribution in [0, 0.1) is 36.5 Å². The summed E-state index contributed by atoms with van der Waals surface area (Å²) in [6, 6.07) is 12.8. The number of likely N-dealkylation sites (tertiary alicyclic amines) is 1. The molecule has 0 radical (unpaired) electrons. The fraction of sp³-hybridized carbons (Fsp3) is 0.308. The number of hydrogen-bond acceptors (Lipinski definition) is 6. The van der Waals surface area contributed by atoms with Gasteiger partial charge >= 0.3 is 0 Å². The second-order valence-electron chi connectivity index (χ2n) is 8.89. The largest absolute Gasteiger partial charge is 0.306 e. The molecule has 1 aliphatic heterocycles. The zero-order valence-corrected chi connectivity index (χ0v) is 20.3. The van der Waals surface area contributed by atoms with E-state index >= 15 is 0 Å². The third kappa shape index (κ3) is 3.96. The van der Waals surface area contributed by atoms with Crippen molar-refractivity contribution in [3.05, 3.63) is 65.2 Å². The van der Waals surface area contributed by atoms with E-state index in [0.29, 0.717) is 17.2 Å². The monoisotopic (exact) mass is 467 g/mol. The van der Waals surface area contributed by atoms with Gasteiger partial charge in [0, 0.05) is 32.8 Å². The van der Waals surface area contributed by atoms with Crippen LogP contribution in [0.2, 0.25) is 0 Å². The first-order valence-corrected chi connectivity index (χ1v) is 12.1. The van der Waals surface area contributed by atoms with Gasteiger partial charge in [0.25, 0.3) is 0 Å². The topological polar surface area (TPSA) is 85.9 Å². The third-order valence-electron chi connectivity index (χ3n) is 6.56. The highest BCUT2D eigenvalue weighted by Gasteiger charge is 2.23. The van der Waals surface area contributed by atoms with Crippen molar-refractivity contribution in [1.82, 2.24) is 24.3 Å². The molecular formula is C26H25N7S. The number of fused-ring (bicyclic) bond motifs is 1. The van der Waals surface area contributed by atoms with Crippen molar-refractivity contribution < 1.29 is 0 Å². The Morgan fingerprint density at radius 1 is 0.971 bits per heavy atom. The van der Waals surface area contributed by atoms with E-state index in [1.54, 1.807) is 10.7 Å². The van der Waals surface area contributed by atoms with E-state index in [1.165, 1.54) is 11.8 Å². The lowest BCUT2D eigenvalue weighted by Crippen LogP contribution is -2.32. The standard InChI is InChI=1S/C26H25N7S/c1-17-4-5-19(12-27)24(10-17)34-25-11-20(16-32-26(25)21(13-28)14-29-32)23-15-30-33(18(23)2)22-6-8-31(3)9-7-22/h4-5,10-11,14-16,22H,6-9H2,1-3H3. The predicted octanol–water partition coefficient (Wildman–Crippen LogP) is 4.98. The molecule has 0 N–H and O–H groups in total. The normalized spacial score (nSPS) is 14.9. The fourth-order valence-corrected chi connectivity index (χ4v) is 5.82. The summed E-state index contributed by atoms with van der Waals surface area (Å²) in [5.74, 6) is 0. The number of piperidine rings is 1. The molecule has 0 saturated carbocycles. The molecular weight excluding hydrogens is 442 g/mol. The van der Waals surface area contributed by atoms with Gasteiger partial charge in [0.05, 0.1) is 35.1 Å². The van der Waals surface area contributed by atoms with Crippen molar-refractivity contribution in [3.8, 4) is 23.3 Å². The van der Waals surface area contributed by atoms with Gasteiger partial charge in [-0.1, -0.05) is 17.8 Å². The first-order chi connectivity index (χ1) is 16.5. The van der Waals surface area contributed by atoms with Crippen LogP contribution >= 0.6 is 11.8 Å². The van der Waals surface area contributed by atoms with Crippen LogP contribution in [0.15, 0.2) is 52.6 Å². The van der Waals surface area contributed by atoms with Gasteiger partial charge in [-0.15, -0.1) is 0 Å². The minimum absolute atomic E-state index is 0.405. The van der Waals surface area contributed by atoms with Gasteiger partial charge in [-0.05, 0) is 70.6 Å².